The van der Waals surface area contributed by atoms with Gasteiger partial charge in [-0.15, -0.1) is 4.68 Å². The first-order chi connectivity index (χ1) is 5.15. The highest BCUT2D eigenvalue weighted by Gasteiger charge is 2.03. The van der Waals surface area contributed by atoms with Crippen LogP contribution in [0.15, 0.2) is 9.59 Å². The fourth-order valence-corrected chi connectivity index (χ4v) is 0.540. The Morgan fingerprint density at radius 1 is 1.64 bits per heavy atom. The van der Waals surface area contributed by atoms with Gasteiger partial charge in [0.25, 0.3) is 5.56 Å². The third kappa shape index (κ3) is 1.16. The molecule has 0 spiro atoms. The SMILES string of the molecule is [C-]#[N+]c1nn(C)c(=O)[nH]c1=O. The molecule has 0 atom stereocenters. The lowest BCUT2D eigenvalue weighted by Gasteiger charge is -1.88. The Balaban J connectivity index is 3.61. The van der Waals surface area contributed by atoms with Gasteiger partial charge in [0.2, 0.25) is 0 Å². The molecule has 56 valence electrons. The zero-order valence-electron chi connectivity index (χ0n) is 5.66. The average Bonchev–Trinajstić information content (AvgIpc) is 1.97. The maximum absolute atomic E-state index is 10.7. The Labute approximate surface area is 60.9 Å². The second-order valence-corrected chi connectivity index (χ2v) is 1.82. The highest BCUT2D eigenvalue weighted by atomic mass is 16.2. The summed E-state index contributed by atoms with van der Waals surface area (Å²) >= 11 is 0. The summed E-state index contributed by atoms with van der Waals surface area (Å²) in [5.41, 5.74) is -1.37. The molecule has 0 saturated heterocycles. The number of hydrogen-bond donors (Lipinski definition) is 1. The summed E-state index contributed by atoms with van der Waals surface area (Å²) in [6.45, 7) is 6.48. The molecule has 0 bridgehead atoms. The van der Waals surface area contributed by atoms with E-state index in [4.69, 9.17) is 6.57 Å². The monoisotopic (exact) mass is 152 g/mol. The summed E-state index contributed by atoms with van der Waals surface area (Å²) in [4.78, 5) is 26.1. The molecule has 0 fully saturated rings. The number of hydrogen-bond acceptors (Lipinski definition) is 3. The van der Waals surface area contributed by atoms with E-state index in [1.807, 2.05) is 4.98 Å². The summed E-state index contributed by atoms with van der Waals surface area (Å²) in [5.74, 6) is -0.327. The number of aromatic amines is 1. The fourth-order valence-electron chi connectivity index (χ4n) is 0.540. The second kappa shape index (κ2) is 2.38. The van der Waals surface area contributed by atoms with Crippen LogP contribution in [0.4, 0.5) is 5.82 Å². The van der Waals surface area contributed by atoms with Crippen molar-refractivity contribution in [1.29, 1.82) is 0 Å². The predicted molar refractivity (Wildman–Crippen MR) is 36.4 cm³/mol. The van der Waals surface area contributed by atoms with E-state index < -0.39 is 11.2 Å². The van der Waals surface area contributed by atoms with Crippen molar-refractivity contribution < 1.29 is 0 Å². The normalized spacial score (nSPS) is 9.09. The summed E-state index contributed by atoms with van der Waals surface area (Å²) in [5, 5.41) is 3.40. The summed E-state index contributed by atoms with van der Waals surface area (Å²) < 4.78 is 0.898. The number of rotatable bonds is 0. The smallest absolute Gasteiger partial charge is 0.355 e. The van der Waals surface area contributed by atoms with Crippen molar-refractivity contribution >= 4 is 5.82 Å². The van der Waals surface area contributed by atoms with Crippen LogP contribution < -0.4 is 11.2 Å². The van der Waals surface area contributed by atoms with E-state index in [9.17, 15) is 9.59 Å². The summed E-state index contributed by atoms with van der Waals surface area (Å²) in [6.07, 6.45) is 0. The molecule has 6 heteroatoms. The molecular formula is C5H4N4O2. The van der Waals surface area contributed by atoms with Gasteiger partial charge in [-0.2, -0.15) is 0 Å². The molecule has 1 aromatic heterocycles. The Bertz CT molecular complexity index is 421. The fraction of sp³-hybridized carbons (Fsp3) is 0.200. The van der Waals surface area contributed by atoms with E-state index >= 15 is 0 Å². The minimum atomic E-state index is -0.747. The first-order valence-corrected chi connectivity index (χ1v) is 2.70. The molecule has 0 amide bonds. The highest BCUT2D eigenvalue weighted by Crippen LogP contribution is 1.90. The Kier molecular flexibility index (Phi) is 1.56. The lowest BCUT2D eigenvalue weighted by Crippen LogP contribution is -2.29. The van der Waals surface area contributed by atoms with Crippen molar-refractivity contribution in [3.8, 4) is 0 Å². The van der Waals surface area contributed by atoms with Crippen molar-refractivity contribution in [3.63, 3.8) is 0 Å². The van der Waals surface area contributed by atoms with Crippen molar-refractivity contribution in [2.24, 2.45) is 7.05 Å². The van der Waals surface area contributed by atoms with Gasteiger partial charge in [0.1, 0.15) is 0 Å². The molecule has 6 nitrogen and oxygen atoms in total. The molecule has 0 saturated carbocycles. The predicted octanol–water partition coefficient (Wildman–Crippen LogP) is -0.981. The van der Waals surface area contributed by atoms with Crippen LogP contribution in [0.1, 0.15) is 0 Å². The Morgan fingerprint density at radius 2 is 2.27 bits per heavy atom. The van der Waals surface area contributed by atoms with E-state index in [0.717, 1.165) is 4.68 Å². The van der Waals surface area contributed by atoms with Crippen LogP contribution in [0, 0.1) is 6.57 Å². The van der Waals surface area contributed by atoms with E-state index in [1.54, 1.807) is 0 Å². The van der Waals surface area contributed by atoms with Gasteiger partial charge >= 0.3 is 11.5 Å². The number of H-pyrrole nitrogens is 1. The number of nitrogens with zero attached hydrogens (tertiary/aromatic N) is 3. The first-order valence-electron chi connectivity index (χ1n) is 2.70. The van der Waals surface area contributed by atoms with Crippen LogP contribution in [0.2, 0.25) is 0 Å². The zero-order chi connectivity index (χ0) is 8.43. The number of nitrogens with one attached hydrogen (secondary N) is 1. The van der Waals surface area contributed by atoms with Gasteiger partial charge in [-0.25, -0.2) is 4.79 Å². The maximum atomic E-state index is 10.7. The maximum Gasteiger partial charge on any atom is 0.360 e. The van der Waals surface area contributed by atoms with Crippen LogP contribution in [0.25, 0.3) is 4.85 Å². The van der Waals surface area contributed by atoms with Crippen molar-refractivity contribution in [1.82, 2.24) is 14.8 Å². The Morgan fingerprint density at radius 3 is 2.82 bits per heavy atom. The molecule has 1 rings (SSSR count). The summed E-state index contributed by atoms with van der Waals surface area (Å²) in [7, 11) is 1.35. The van der Waals surface area contributed by atoms with Crippen LogP contribution in [0.3, 0.4) is 0 Å². The van der Waals surface area contributed by atoms with Gasteiger partial charge in [-0.1, -0.05) is 6.57 Å². The minimum Gasteiger partial charge on any atom is -0.355 e. The zero-order valence-corrected chi connectivity index (χ0v) is 5.66. The van der Waals surface area contributed by atoms with E-state index in [-0.39, 0.29) is 5.82 Å². The second-order valence-electron chi connectivity index (χ2n) is 1.82. The van der Waals surface area contributed by atoms with Gasteiger partial charge in [-0.05, 0) is 5.10 Å². The van der Waals surface area contributed by atoms with E-state index in [0.29, 0.717) is 0 Å². The molecule has 0 aliphatic heterocycles. The van der Waals surface area contributed by atoms with E-state index in [1.165, 1.54) is 7.05 Å². The molecule has 11 heavy (non-hydrogen) atoms. The number of aryl methyl sites for hydroxylation is 1. The Hall–Kier alpha value is -1.90. The molecule has 0 aliphatic rings. The molecule has 0 unspecified atom stereocenters. The van der Waals surface area contributed by atoms with Crippen LogP contribution >= 0.6 is 0 Å². The quantitative estimate of drug-likeness (QED) is 0.485. The molecule has 1 N–H and O–H groups in total. The topological polar surface area (TPSA) is 72.1 Å². The third-order valence-electron chi connectivity index (χ3n) is 1.07. The van der Waals surface area contributed by atoms with Crippen molar-refractivity contribution in [2.45, 2.75) is 0 Å². The standard InChI is InChI=1S/C5H4N4O2/c1-6-3-4(10)7-5(11)9(2)8-3/h2H3,(H,7,10,11). The molecule has 1 heterocycles. The third-order valence-corrected chi connectivity index (χ3v) is 1.07. The largest absolute Gasteiger partial charge is 0.360 e. The average molecular weight is 152 g/mol. The summed E-state index contributed by atoms with van der Waals surface area (Å²) in [6, 6.07) is 0. The van der Waals surface area contributed by atoms with Crippen LogP contribution in [0.5, 0.6) is 0 Å². The lowest BCUT2D eigenvalue weighted by atomic mass is 10.7. The lowest BCUT2D eigenvalue weighted by molar-refractivity contribution is 0.675. The number of aromatic nitrogens is 3. The minimum absolute atomic E-state index is 0.327. The highest BCUT2D eigenvalue weighted by molar-refractivity contribution is 5.29. The van der Waals surface area contributed by atoms with E-state index in [2.05, 4.69) is 9.94 Å². The van der Waals surface area contributed by atoms with Crippen molar-refractivity contribution in [3.05, 3.63) is 32.3 Å². The molecule has 0 aliphatic carbocycles. The molecular weight excluding hydrogens is 148 g/mol. The van der Waals surface area contributed by atoms with Gasteiger partial charge in [0.05, 0.1) is 7.05 Å². The van der Waals surface area contributed by atoms with Gasteiger partial charge in [-0.3, -0.25) is 9.78 Å². The van der Waals surface area contributed by atoms with Gasteiger partial charge < -0.3 is 4.85 Å². The molecule has 0 aromatic carbocycles. The van der Waals surface area contributed by atoms with Gasteiger partial charge in [0, 0.05) is 0 Å². The van der Waals surface area contributed by atoms with Crippen LogP contribution in [-0.2, 0) is 7.05 Å². The first kappa shape index (κ1) is 7.21. The molecule has 0 radical (unpaired) electrons. The van der Waals surface area contributed by atoms with Crippen molar-refractivity contribution in [2.75, 3.05) is 0 Å². The van der Waals surface area contributed by atoms with Gasteiger partial charge in [0.15, 0.2) is 0 Å². The van der Waals surface area contributed by atoms with Crippen LogP contribution in [-0.4, -0.2) is 14.8 Å². The molecule has 1 aromatic rings.